The Hall–Kier alpha value is -0.950. The molecule has 6 heteroatoms. The number of rotatable bonds is 5. The summed E-state index contributed by atoms with van der Waals surface area (Å²) in [5.74, 6) is -0.337. The summed E-state index contributed by atoms with van der Waals surface area (Å²) in [6.45, 7) is -1.51. The van der Waals surface area contributed by atoms with Gasteiger partial charge in [-0.15, -0.1) is 11.3 Å². The Kier molecular flexibility index (Phi) is 4.57. The number of aliphatic hydroxyl groups is 3. The summed E-state index contributed by atoms with van der Waals surface area (Å²) in [5.41, 5.74) is 0.330. The normalized spacial score (nSPS) is 15.1. The number of hydrogen-bond donors (Lipinski definition) is 4. The lowest BCUT2D eigenvalue weighted by Crippen LogP contribution is -2.57. The van der Waals surface area contributed by atoms with Crippen LogP contribution in [0.3, 0.4) is 0 Å². The first-order valence-corrected chi connectivity index (χ1v) is 7.28. The molecule has 1 heterocycles. The number of aryl methyl sites for hydroxylation is 1. The van der Waals surface area contributed by atoms with Crippen molar-refractivity contribution in [1.82, 2.24) is 5.32 Å². The fraction of sp³-hybridized carbons (Fsp3) is 0.615. The molecular weight excluding hydrogens is 266 g/mol. The predicted octanol–water partition coefficient (Wildman–Crippen LogP) is 0.0724. The fourth-order valence-electron chi connectivity index (χ4n) is 2.26. The highest BCUT2D eigenvalue weighted by Gasteiger charge is 2.31. The Labute approximate surface area is 115 Å². The molecule has 0 bridgehead atoms. The lowest BCUT2D eigenvalue weighted by molar-refractivity contribution is 0.0375. The van der Waals surface area contributed by atoms with E-state index in [4.69, 9.17) is 0 Å². The van der Waals surface area contributed by atoms with Crippen molar-refractivity contribution in [2.45, 2.75) is 31.2 Å². The van der Waals surface area contributed by atoms with Crippen molar-refractivity contribution in [3.05, 3.63) is 21.4 Å². The summed E-state index contributed by atoms with van der Waals surface area (Å²) >= 11 is 1.58. The molecule has 0 fully saturated rings. The van der Waals surface area contributed by atoms with Gasteiger partial charge in [0.05, 0.1) is 25.4 Å². The molecule has 0 saturated carbocycles. The molecular formula is C13H19NO4S. The molecule has 0 atom stereocenters. The third-order valence-corrected chi connectivity index (χ3v) is 4.68. The van der Waals surface area contributed by atoms with E-state index in [2.05, 4.69) is 5.32 Å². The van der Waals surface area contributed by atoms with Crippen molar-refractivity contribution < 1.29 is 20.1 Å². The molecule has 2 rings (SSSR count). The van der Waals surface area contributed by atoms with Crippen LogP contribution in [0.4, 0.5) is 0 Å². The Morgan fingerprint density at radius 3 is 2.47 bits per heavy atom. The van der Waals surface area contributed by atoms with Crippen molar-refractivity contribution in [2.75, 3.05) is 19.8 Å². The molecule has 0 unspecified atom stereocenters. The minimum Gasteiger partial charge on any atom is -0.394 e. The van der Waals surface area contributed by atoms with E-state index < -0.39 is 25.4 Å². The predicted molar refractivity (Wildman–Crippen MR) is 72.4 cm³/mol. The van der Waals surface area contributed by atoms with E-state index in [1.54, 1.807) is 11.3 Å². The first-order chi connectivity index (χ1) is 9.15. The molecule has 5 nitrogen and oxygen atoms in total. The van der Waals surface area contributed by atoms with Gasteiger partial charge in [0, 0.05) is 10.3 Å². The summed E-state index contributed by atoms with van der Waals surface area (Å²) < 4.78 is 0. The molecule has 1 amide bonds. The quantitative estimate of drug-likeness (QED) is 0.616. The maximum absolute atomic E-state index is 12.2. The van der Waals surface area contributed by atoms with Gasteiger partial charge in [0.1, 0.15) is 5.54 Å². The number of fused-ring (bicyclic) bond motifs is 1. The third kappa shape index (κ3) is 2.81. The number of carbonyl (C=O) groups is 1. The van der Waals surface area contributed by atoms with Crippen LogP contribution in [0, 0.1) is 0 Å². The Morgan fingerprint density at radius 2 is 1.84 bits per heavy atom. The van der Waals surface area contributed by atoms with Gasteiger partial charge in [-0.3, -0.25) is 4.79 Å². The topological polar surface area (TPSA) is 89.8 Å². The molecule has 0 aromatic carbocycles. The summed E-state index contributed by atoms with van der Waals surface area (Å²) in [6.07, 6.45) is 4.14. The van der Waals surface area contributed by atoms with Crippen LogP contribution in [0.5, 0.6) is 0 Å². The van der Waals surface area contributed by atoms with E-state index >= 15 is 0 Å². The molecule has 1 aliphatic rings. The standard InChI is InChI=1S/C13H19NO4S/c15-6-13(7-16,8-17)14-12(18)10-5-19-11-4-2-1-3-9(10)11/h5,15-17H,1-4,6-8H2,(H,14,18). The van der Waals surface area contributed by atoms with E-state index in [0.717, 1.165) is 31.2 Å². The number of nitrogens with one attached hydrogen (secondary N) is 1. The zero-order chi connectivity index (χ0) is 13.9. The van der Waals surface area contributed by atoms with Gasteiger partial charge < -0.3 is 20.6 Å². The van der Waals surface area contributed by atoms with Gasteiger partial charge in [-0.1, -0.05) is 0 Å². The first-order valence-electron chi connectivity index (χ1n) is 6.40. The molecule has 0 saturated heterocycles. The molecule has 0 aliphatic heterocycles. The largest absolute Gasteiger partial charge is 0.394 e. The number of hydrogen-bond acceptors (Lipinski definition) is 5. The minimum absolute atomic E-state index is 0.337. The Morgan fingerprint density at radius 1 is 1.21 bits per heavy atom. The van der Waals surface area contributed by atoms with Crippen molar-refractivity contribution in [3.63, 3.8) is 0 Å². The highest BCUT2D eigenvalue weighted by molar-refractivity contribution is 7.10. The average Bonchev–Trinajstić information content (AvgIpc) is 2.89. The number of carbonyl (C=O) groups excluding carboxylic acids is 1. The van der Waals surface area contributed by atoms with E-state index in [0.29, 0.717) is 5.56 Å². The zero-order valence-electron chi connectivity index (χ0n) is 10.7. The van der Waals surface area contributed by atoms with Crippen molar-refractivity contribution in [2.24, 2.45) is 0 Å². The highest BCUT2D eigenvalue weighted by Crippen LogP contribution is 2.30. The van der Waals surface area contributed by atoms with Crippen LogP contribution < -0.4 is 5.32 Å². The van der Waals surface area contributed by atoms with Gasteiger partial charge in [0.2, 0.25) is 0 Å². The van der Waals surface area contributed by atoms with Crippen LogP contribution in [0.25, 0.3) is 0 Å². The Balaban J connectivity index is 2.18. The summed E-state index contributed by atoms with van der Waals surface area (Å²) in [7, 11) is 0. The third-order valence-electron chi connectivity index (χ3n) is 3.59. The number of aliphatic hydroxyl groups excluding tert-OH is 3. The smallest absolute Gasteiger partial charge is 0.253 e. The monoisotopic (exact) mass is 285 g/mol. The van der Waals surface area contributed by atoms with Crippen molar-refractivity contribution >= 4 is 17.2 Å². The zero-order valence-corrected chi connectivity index (χ0v) is 11.5. The van der Waals surface area contributed by atoms with Crippen molar-refractivity contribution in [1.29, 1.82) is 0 Å². The molecule has 106 valence electrons. The summed E-state index contributed by atoms with van der Waals surface area (Å²) in [5, 5.41) is 32.1. The summed E-state index contributed by atoms with van der Waals surface area (Å²) in [4.78, 5) is 13.5. The van der Waals surface area contributed by atoms with E-state index in [1.807, 2.05) is 5.38 Å². The fourth-order valence-corrected chi connectivity index (χ4v) is 3.39. The maximum atomic E-state index is 12.2. The first kappa shape index (κ1) is 14.5. The van der Waals surface area contributed by atoms with E-state index in [-0.39, 0.29) is 5.91 Å². The van der Waals surface area contributed by atoms with Crippen molar-refractivity contribution in [3.8, 4) is 0 Å². The lowest BCUT2D eigenvalue weighted by Gasteiger charge is -2.28. The van der Waals surface area contributed by atoms with E-state index in [1.165, 1.54) is 4.88 Å². The highest BCUT2D eigenvalue weighted by atomic mass is 32.1. The SMILES string of the molecule is O=C(NC(CO)(CO)CO)c1csc2c1CCCC2. The van der Waals surface area contributed by atoms with Gasteiger partial charge >= 0.3 is 0 Å². The maximum Gasteiger partial charge on any atom is 0.253 e. The second-order valence-electron chi connectivity index (χ2n) is 4.97. The van der Waals surface area contributed by atoms with Crippen LogP contribution >= 0.6 is 11.3 Å². The lowest BCUT2D eigenvalue weighted by atomic mass is 9.95. The Bertz CT molecular complexity index is 445. The average molecular weight is 285 g/mol. The molecule has 19 heavy (non-hydrogen) atoms. The van der Waals surface area contributed by atoms with Crippen LogP contribution in [-0.4, -0.2) is 46.6 Å². The van der Waals surface area contributed by atoms with Crippen LogP contribution in [0.1, 0.15) is 33.6 Å². The van der Waals surface area contributed by atoms with Crippen LogP contribution in [0.15, 0.2) is 5.38 Å². The number of thiophene rings is 1. The second-order valence-corrected chi connectivity index (χ2v) is 5.93. The van der Waals surface area contributed by atoms with Gasteiger partial charge in [0.15, 0.2) is 0 Å². The molecule has 1 aliphatic carbocycles. The molecule has 4 N–H and O–H groups in total. The molecule has 1 aromatic heterocycles. The molecule has 0 radical (unpaired) electrons. The van der Waals surface area contributed by atoms with Gasteiger partial charge in [-0.25, -0.2) is 0 Å². The van der Waals surface area contributed by atoms with Crippen LogP contribution in [0.2, 0.25) is 0 Å². The van der Waals surface area contributed by atoms with Crippen LogP contribution in [-0.2, 0) is 12.8 Å². The van der Waals surface area contributed by atoms with Gasteiger partial charge in [0.25, 0.3) is 5.91 Å². The van der Waals surface area contributed by atoms with E-state index in [9.17, 15) is 20.1 Å². The summed E-state index contributed by atoms with van der Waals surface area (Å²) in [6, 6.07) is 0. The second kappa shape index (κ2) is 6.00. The molecule has 1 aromatic rings. The van der Waals surface area contributed by atoms with Gasteiger partial charge in [-0.05, 0) is 31.2 Å². The minimum atomic E-state index is -1.36. The molecule has 0 spiro atoms. The van der Waals surface area contributed by atoms with Gasteiger partial charge in [-0.2, -0.15) is 0 Å². The number of amides is 1.